The van der Waals surface area contributed by atoms with Crippen LogP contribution in [-0.4, -0.2) is 11.0 Å². The van der Waals surface area contributed by atoms with Crippen LogP contribution in [0.1, 0.15) is 20.8 Å². The lowest BCUT2D eigenvalue weighted by Crippen LogP contribution is -2.21. The van der Waals surface area contributed by atoms with Gasteiger partial charge in [-0.25, -0.2) is 0 Å². The number of rotatable bonds is 3. The van der Waals surface area contributed by atoms with Gasteiger partial charge in [-0.2, -0.15) is 0 Å². The van der Waals surface area contributed by atoms with Gasteiger partial charge in [0.2, 0.25) is 0 Å². The lowest BCUT2D eigenvalue weighted by Gasteiger charge is -2.18. The lowest BCUT2D eigenvalue weighted by molar-refractivity contribution is 0.560. The minimum atomic E-state index is 0.461. The van der Waals surface area contributed by atoms with Crippen LogP contribution < -0.4 is 5.32 Å². The van der Waals surface area contributed by atoms with Gasteiger partial charge in [-0.1, -0.05) is 32.0 Å². The number of fused-ring (bicyclic) bond motifs is 1. The summed E-state index contributed by atoms with van der Waals surface area (Å²) in [5.41, 5.74) is 2.14. The van der Waals surface area contributed by atoms with Crippen molar-refractivity contribution in [2.24, 2.45) is 5.92 Å². The van der Waals surface area contributed by atoms with Crippen molar-refractivity contribution in [2.45, 2.75) is 26.8 Å². The summed E-state index contributed by atoms with van der Waals surface area (Å²) in [5.74, 6) is 0.617. The highest BCUT2D eigenvalue weighted by Crippen LogP contribution is 2.17. The number of hydrogen-bond acceptors (Lipinski definition) is 2. The smallest absolute Gasteiger partial charge is 0.0703 e. The van der Waals surface area contributed by atoms with E-state index in [1.165, 1.54) is 5.39 Å². The number of aromatic nitrogens is 1. The average Bonchev–Trinajstić information content (AvgIpc) is 2.28. The second-order valence-corrected chi connectivity index (χ2v) is 4.59. The van der Waals surface area contributed by atoms with Crippen molar-refractivity contribution < 1.29 is 0 Å². The molecule has 2 nitrogen and oxygen atoms in total. The molecule has 0 aliphatic carbocycles. The molecule has 2 aromatic rings. The second-order valence-electron chi connectivity index (χ2n) is 4.59. The first-order chi connectivity index (χ1) is 7.66. The number of anilines is 1. The molecule has 0 aliphatic rings. The van der Waals surface area contributed by atoms with Gasteiger partial charge in [0.25, 0.3) is 0 Å². The van der Waals surface area contributed by atoms with Crippen molar-refractivity contribution in [2.75, 3.05) is 5.32 Å². The van der Waals surface area contributed by atoms with Crippen molar-refractivity contribution in [3.8, 4) is 0 Å². The minimum Gasteiger partial charge on any atom is -0.381 e. The van der Waals surface area contributed by atoms with E-state index in [9.17, 15) is 0 Å². The largest absolute Gasteiger partial charge is 0.381 e. The van der Waals surface area contributed by atoms with E-state index in [0.717, 1.165) is 11.2 Å². The standard InChI is InChI=1S/C14H18N2/c1-10(2)11(3)16-13-8-12-6-4-5-7-14(12)15-9-13/h4-11,16H,1-3H3. The fourth-order valence-electron chi connectivity index (χ4n) is 1.58. The van der Waals surface area contributed by atoms with Crippen LogP contribution in [0.3, 0.4) is 0 Å². The SMILES string of the molecule is CC(C)C(C)Nc1cnc2ccccc2c1. The van der Waals surface area contributed by atoms with Gasteiger partial charge in [-0.3, -0.25) is 4.98 Å². The Morgan fingerprint density at radius 3 is 2.62 bits per heavy atom. The van der Waals surface area contributed by atoms with Crippen LogP contribution in [0.5, 0.6) is 0 Å². The summed E-state index contributed by atoms with van der Waals surface area (Å²) in [6.07, 6.45) is 1.90. The van der Waals surface area contributed by atoms with E-state index >= 15 is 0 Å². The summed E-state index contributed by atoms with van der Waals surface area (Å²) in [6, 6.07) is 10.8. The zero-order valence-electron chi connectivity index (χ0n) is 10.1. The predicted molar refractivity (Wildman–Crippen MR) is 69.7 cm³/mol. The van der Waals surface area contributed by atoms with Gasteiger partial charge in [0.15, 0.2) is 0 Å². The van der Waals surface area contributed by atoms with Crippen LogP contribution in [0.2, 0.25) is 0 Å². The molecule has 0 amide bonds. The first-order valence-electron chi connectivity index (χ1n) is 5.78. The van der Waals surface area contributed by atoms with E-state index in [4.69, 9.17) is 0 Å². The zero-order chi connectivity index (χ0) is 11.5. The fourth-order valence-corrected chi connectivity index (χ4v) is 1.58. The number of para-hydroxylation sites is 1. The number of hydrogen-bond donors (Lipinski definition) is 1. The van der Waals surface area contributed by atoms with Gasteiger partial charge in [0, 0.05) is 11.4 Å². The van der Waals surface area contributed by atoms with Gasteiger partial charge in [-0.05, 0) is 25.0 Å². The maximum absolute atomic E-state index is 4.43. The number of pyridine rings is 1. The van der Waals surface area contributed by atoms with E-state index in [2.05, 4.69) is 43.2 Å². The molecule has 2 heteroatoms. The Hall–Kier alpha value is -1.57. The molecular weight excluding hydrogens is 196 g/mol. The highest BCUT2D eigenvalue weighted by atomic mass is 14.9. The molecule has 16 heavy (non-hydrogen) atoms. The molecule has 2 rings (SSSR count). The molecule has 0 spiro atoms. The summed E-state index contributed by atoms with van der Waals surface area (Å²) >= 11 is 0. The van der Waals surface area contributed by atoms with Crippen molar-refractivity contribution in [3.63, 3.8) is 0 Å². The number of nitrogens with one attached hydrogen (secondary N) is 1. The third-order valence-electron chi connectivity index (χ3n) is 2.98. The molecule has 1 heterocycles. The Balaban J connectivity index is 2.26. The van der Waals surface area contributed by atoms with E-state index in [0.29, 0.717) is 12.0 Å². The molecule has 1 unspecified atom stereocenters. The third-order valence-corrected chi connectivity index (χ3v) is 2.98. The maximum atomic E-state index is 4.43. The molecule has 0 aliphatic heterocycles. The van der Waals surface area contributed by atoms with E-state index in [1.54, 1.807) is 0 Å². The summed E-state index contributed by atoms with van der Waals surface area (Å²) in [7, 11) is 0. The first-order valence-corrected chi connectivity index (χ1v) is 5.78. The molecule has 0 saturated heterocycles. The Morgan fingerprint density at radius 1 is 1.12 bits per heavy atom. The summed E-state index contributed by atoms with van der Waals surface area (Å²) in [6.45, 7) is 6.62. The Bertz CT molecular complexity index is 477. The summed E-state index contributed by atoms with van der Waals surface area (Å²) in [4.78, 5) is 4.43. The summed E-state index contributed by atoms with van der Waals surface area (Å²) in [5, 5.41) is 4.65. The third kappa shape index (κ3) is 2.32. The number of nitrogens with zero attached hydrogens (tertiary/aromatic N) is 1. The molecule has 1 N–H and O–H groups in total. The Kier molecular flexibility index (Phi) is 3.09. The average molecular weight is 214 g/mol. The second kappa shape index (κ2) is 4.52. The van der Waals surface area contributed by atoms with Gasteiger partial charge in [0.05, 0.1) is 17.4 Å². The van der Waals surface area contributed by atoms with Crippen molar-refractivity contribution >= 4 is 16.6 Å². The summed E-state index contributed by atoms with van der Waals surface area (Å²) < 4.78 is 0. The van der Waals surface area contributed by atoms with E-state index in [-0.39, 0.29) is 0 Å². The highest BCUT2D eigenvalue weighted by Gasteiger charge is 2.06. The maximum Gasteiger partial charge on any atom is 0.0703 e. The zero-order valence-corrected chi connectivity index (χ0v) is 10.1. The fraction of sp³-hybridized carbons (Fsp3) is 0.357. The van der Waals surface area contributed by atoms with Gasteiger partial charge >= 0.3 is 0 Å². The molecule has 0 fully saturated rings. The minimum absolute atomic E-state index is 0.461. The highest BCUT2D eigenvalue weighted by molar-refractivity contribution is 5.81. The van der Waals surface area contributed by atoms with Crippen molar-refractivity contribution in [1.82, 2.24) is 4.98 Å². The molecule has 0 bridgehead atoms. The first kappa shape index (κ1) is 10.9. The Labute approximate surface area is 96.7 Å². The van der Waals surface area contributed by atoms with Crippen LogP contribution in [0.15, 0.2) is 36.5 Å². The van der Waals surface area contributed by atoms with Gasteiger partial charge in [-0.15, -0.1) is 0 Å². The van der Waals surface area contributed by atoms with E-state index in [1.807, 2.05) is 24.4 Å². The van der Waals surface area contributed by atoms with Crippen molar-refractivity contribution in [3.05, 3.63) is 36.5 Å². The van der Waals surface area contributed by atoms with Crippen molar-refractivity contribution in [1.29, 1.82) is 0 Å². The molecule has 0 saturated carbocycles. The molecule has 1 atom stereocenters. The monoisotopic (exact) mass is 214 g/mol. The topological polar surface area (TPSA) is 24.9 Å². The normalized spacial score (nSPS) is 13.0. The number of benzene rings is 1. The molecule has 84 valence electrons. The van der Waals surface area contributed by atoms with E-state index < -0.39 is 0 Å². The quantitative estimate of drug-likeness (QED) is 0.842. The van der Waals surface area contributed by atoms with Crippen LogP contribution in [0, 0.1) is 5.92 Å². The van der Waals surface area contributed by atoms with Gasteiger partial charge in [0.1, 0.15) is 0 Å². The van der Waals surface area contributed by atoms with Crippen LogP contribution in [0.25, 0.3) is 10.9 Å². The van der Waals surface area contributed by atoms with Gasteiger partial charge < -0.3 is 5.32 Å². The van der Waals surface area contributed by atoms with Crippen LogP contribution >= 0.6 is 0 Å². The molecule has 1 aromatic carbocycles. The molecular formula is C14H18N2. The molecule has 0 radical (unpaired) electrons. The Morgan fingerprint density at radius 2 is 1.88 bits per heavy atom. The van der Waals surface area contributed by atoms with Crippen LogP contribution in [-0.2, 0) is 0 Å². The molecule has 1 aromatic heterocycles. The predicted octanol–water partition coefficient (Wildman–Crippen LogP) is 3.69. The lowest BCUT2D eigenvalue weighted by atomic mass is 10.1. The van der Waals surface area contributed by atoms with Crippen LogP contribution in [0.4, 0.5) is 5.69 Å².